The fraction of sp³-hybridized carbons (Fsp3) is 0.688. The van der Waals surface area contributed by atoms with E-state index in [9.17, 15) is 9.59 Å². The van der Waals surface area contributed by atoms with Crippen molar-refractivity contribution < 1.29 is 29.7 Å². The number of hydrogen-bond donors (Lipinski definition) is 4. The first-order chi connectivity index (χ1) is 12.0. The molecule has 1 aliphatic heterocycles. The van der Waals surface area contributed by atoms with E-state index in [1.165, 1.54) is 30.7 Å². The molecule has 1 aromatic rings. The standard InChI is InChI=1S/C13H19N3O5.C3H8O2/c1-8(2)12(17)20-7-9-3-4-11(21-9)16-6-5-10(15-19)14-13(16)18;1-3(2,4)5/h5-6,8-9,11,19H,3-4,7H2,1-2H3,(H,14,15,18);4-5H,1-2H3. The Bertz CT molecular complexity index is 633. The van der Waals surface area contributed by atoms with Crippen LogP contribution in [0.5, 0.6) is 0 Å². The summed E-state index contributed by atoms with van der Waals surface area (Å²) in [4.78, 5) is 26.8. The lowest BCUT2D eigenvalue weighted by Crippen LogP contribution is -2.28. The van der Waals surface area contributed by atoms with Gasteiger partial charge >= 0.3 is 11.7 Å². The molecule has 4 N–H and O–H groups in total. The number of carbonyl (C=O) groups is 1. The summed E-state index contributed by atoms with van der Waals surface area (Å²) in [5.74, 6) is -1.86. The van der Waals surface area contributed by atoms with E-state index in [-0.39, 0.29) is 30.4 Å². The van der Waals surface area contributed by atoms with Crippen LogP contribution in [0.4, 0.5) is 5.82 Å². The van der Waals surface area contributed by atoms with Gasteiger partial charge in [-0.3, -0.25) is 20.0 Å². The second kappa shape index (κ2) is 9.62. The summed E-state index contributed by atoms with van der Waals surface area (Å²) >= 11 is 0. The van der Waals surface area contributed by atoms with Gasteiger partial charge < -0.3 is 19.7 Å². The number of nitrogens with zero attached hydrogens (tertiary/aromatic N) is 2. The molecule has 0 aromatic carbocycles. The zero-order chi connectivity index (χ0) is 19.9. The van der Waals surface area contributed by atoms with Crippen LogP contribution in [0.25, 0.3) is 0 Å². The quantitative estimate of drug-likeness (QED) is 0.332. The Kier molecular flexibility index (Phi) is 8.15. The molecular weight excluding hydrogens is 346 g/mol. The zero-order valence-corrected chi connectivity index (χ0v) is 15.4. The Morgan fingerprint density at radius 2 is 2.08 bits per heavy atom. The van der Waals surface area contributed by atoms with Gasteiger partial charge in [-0.15, -0.1) is 0 Å². The molecule has 10 heteroatoms. The van der Waals surface area contributed by atoms with E-state index in [4.69, 9.17) is 24.9 Å². The molecule has 2 rings (SSSR count). The lowest BCUT2D eigenvalue weighted by molar-refractivity contribution is -0.152. The van der Waals surface area contributed by atoms with Gasteiger partial charge in [0.05, 0.1) is 12.0 Å². The maximum absolute atomic E-state index is 11.8. The number of carbonyl (C=O) groups excluding carboxylic acids is 1. The number of anilines is 1. The Balaban J connectivity index is 0.000000597. The predicted octanol–water partition coefficient (Wildman–Crippen LogP) is 0.628. The van der Waals surface area contributed by atoms with E-state index in [0.717, 1.165) is 0 Å². The summed E-state index contributed by atoms with van der Waals surface area (Å²) in [6.45, 7) is 6.32. The molecule has 0 amide bonds. The molecule has 1 fully saturated rings. The fourth-order valence-electron chi connectivity index (χ4n) is 2.05. The van der Waals surface area contributed by atoms with E-state index < -0.39 is 17.7 Å². The third-order valence-corrected chi connectivity index (χ3v) is 3.22. The van der Waals surface area contributed by atoms with Crippen LogP contribution in [0, 0.1) is 5.92 Å². The summed E-state index contributed by atoms with van der Waals surface area (Å²) in [5, 5.41) is 24.8. The van der Waals surface area contributed by atoms with Crippen LogP contribution in [0.15, 0.2) is 17.1 Å². The minimum absolute atomic E-state index is 0.0802. The van der Waals surface area contributed by atoms with Crippen molar-refractivity contribution in [3.8, 4) is 0 Å². The van der Waals surface area contributed by atoms with Gasteiger partial charge in [0.25, 0.3) is 0 Å². The predicted molar refractivity (Wildman–Crippen MR) is 91.4 cm³/mol. The number of aliphatic hydroxyl groups is 2. The van der Waals surface area contributed by atoms with Gasteiger partial charge in [0.15, 0.2) is 11.6 Å². The van der Waals surface area contributed by atoms with E-state index in [1.807, 2.05) is 5.48 Å². The summed E-state index contributed by atoms with van der Waals surface area (Å²) in [5.41, 5.74) is 1.30. The van der Waals surface area contributed by atoms with Gasteiger partial charge in [-0.05, 0) is 32.8 Å². The number of nitrogens with one attached hydrogen (secondary N) is 1. The molecule has 0 spiro atoms. The molecule has 10 nitrogen and oxygen atoms in total. The third kappa shape index (κ3) is 7.91. The highest BCUT2D eigenvalue weighted by Gasteiger charge is 2.28. The number of hydrogen-bond acceptors (Lipinski definition) is 9. The number of esters is 1. The molecule has 1 aromatic heterocycles. The molecule has 0 radical (unpaired) electrons. The minimum Gasteiger partial charge on any atom is -0.463 e. The second-order valence-corrected chi connectivity index (χ2v) is 6.68. The third-order valence-electron chi connectivity index (χ3n) is 3.22. The van der Waals surface area contributed by atoms with Gasteiger partial charge in [-0.25, -0.2) is 4.79 Å². The van der Waals surface area contributed by atoms with E-state index in [2.05, 4.69) is 4.98 Å². The van der Waals surface area contributed by atoms with Crippen LogP contribution in [0.2, 0.25) is 0 Å². The van der Waals surface area contributed by atoms with Crippen molar-refractivity contribution in [1.29, 1.82) is 0 Å². The second-order valence-electron chi connectivity index (χ2n) is 6.68. The van der Waals surface area contributed by atoms with Crippen molar-refractivity contribution in [3.63, 3.8) is 0 Å². The van der Waals surface area contributed by atoms with Crippen molar-refractivity contribution in [1.82, 2.24) is 9.55 Å². The average Bonchev–Trinajstić information content (AvgIpc) is 2.99. The van der Waals surface area contributed by atoms with Crippen LogP contribution in [-0.2, 0) is 14.3 Å². The summed E-state index contributed by atoms with van der Waals surface area (Å²) < 4.78 is 12.2. The molecule has 1 saturated heterocycles. The molecule has 2 heterocycles. The van der Waals surface area contributed by atoms with Gasteiger partial charge in [-0.1, -0.05) is 13.8 Å². The molecular formula is C16H27N3O7. The van der Waals surface area contributed by atoms with Gasteiger partial charge in [0, 0.05) is 6.20 Å². The SMILES string of the molecule is CC(C)(O)O.CC(C)C(=O)OCC1CCC(n2ccc(NO)nc2=O)O1. The zero-order valence-electron chi connectivity index (χ0n) is 15.4. The maximum Gasteiger partial charge on any atom is 0.351 e. The smallest absolute Gasteiger partial charge is 0.351 e. The highest BCUT2D eigenvalue weighted by atomic mass is 16.6. The topological polar surface area (TPSA) is 143 Å². The van der Waals surface area contributed by atoms with Crippen molar-refractivity contribution in [2.75, 3.05) is 12.1 Å². The molecule has 0 saturated carbocycles. The van der Waals surface area contributed by atoms with Gasteiger partial charge in [0.2, 0.25) is 0 Å². The van der Waals surface area contributed by atoms with Crippen LogP contribution in [0.1, 0.15) is 46.8 Å². The first kappa shape index (κ1) is 22.0. The number of ether oxygens (including phenoxy) is 2. The lowest BCUT2D eigenvalue weighted by Gasteiger charge is -2.16. The monoisotopic (exact) mass is 373 g/mol. The largest absolute Gasteiger partial charge is 0.463 e. The Morgan fingerprint density at radius 3 is 2.58 bits per heavy atom. The van der Waals surface area contributed by atoms with Crippen LogP contribution in [0.3, 0.4) is 0 Å². The van der Waals surface area contributed by atoms with E-state index in [0.29, 0.717) is 12.8 Å². The first-order valence-electron chi connectivity index (χ1n) is 8.27. The number of rotatable bonds is 5. The average molecular weight is 373 g/mol. The first-order valence-corrected chi connectivity index (χ1v) is 8.27. The van der Waals surface area contributed by atoms with E-state index in [1.54, 1.807) is 13.8 Å². The fourth-order valence-corrected chi connectivity index (χ4v) is 2.05. The molecule has 2 atom stereocenters. The van der Waals surface area contributed by atoms with Crippen molar-refractivity contribution in [2.45, 2.75) is 58.7 Å². The summed E-state index contributed by atoms with van der Waals surface area (Å²) in [6.07, 6.45) is 2.18. The van der Waals surface area contributed by atoms with Crippen LogP contribution >= 0.6 is 0 Å². The Labute approximate surface area is 151 Å². The summed E-state index contributed by atoms with van der Waals surface area (Å²) in [6, 6.07) is 1.47. The molecule has 1 aliphatic rings. The highest BCUT2D eigenvalue weighted by Crippen LogP contribution is 2.27. The highest BCUT2D eigenvalue weighted by molar-refractivity contribution is 5.71. The van der Waals surface area contributed by atoms with Crippen molar-refractivity contribution in [3.05, 3.63) is 22.7 Å². The van der Waals surface area contributed by atoms with Crippen molar-refractivity contribution >= 4 is 11.8 Å². The van der Waals surface area contributed by atoms with Gasteiger partial charge in [-0.2, -0.15) is 4.98 Å². The molecule has 0 bridgehead atoms. The van der Waals surface area contributed by atoms with Crippen LogP contribution < -0.4 is 11.2 Å². The Morgan fingerprint density at radius 1 is 1.46 bits per heavy atom. The molecule has 2 unspecified atom stereocenters. The Hall–Kier alpha value is -2.01. The molecule has 26 heavy (non-hydrogen) atoms. The lowest BCUT2D eigenvalue weighted by atomic mass is 10.2. The van der Waals surface area contributed by atoms with E-state index >= 15 is 0 Å². The van der Waals surface area contributed by atoms with Crippen LogP contribution in [-0.4, -0.2) is 49.4 Å². The number of aromatic nitrogens is 2. The van der Waals surface area contributed by atoms with Gasteiger partial charge in [0.1, 0.15) is 12.8 Å². The molecule has 0 aliphatic carbocycles. The maximum atomic E-state index is 11.8. The summed E-state index contributed by atoms with van der Waals surface area (Å²) in [7, 11) is 0. The molecule has 148 valence electrons. The minimum atomic E-state index is -1.50. The van der Waals surface area contributed by atoms with Crippen molar-refractivity contribution in [2.24, 2.45) is 5.92 Å². The normalized spacial score (nSPS) is 19.7.